The molecule has 1 fully saturated rings. The molecule has 1 atom stereocenters. The largest absolute Gasteiger partial charge is 0.339 e. The summed E-state index contributed by atoms with van der Waals surface area (Å²) in [4.78, 5) is 13.9. The summed E-state index contributed by atoms with van der Waals surface area (Å²) in [6, 6.07) is 17.4. The van der Waals surface area contributed by atoms with Crippen molar-refractivity contribution in [3.63, 3.8) is 0 Å². The highest BCUT2D eigenvalue weighted by molar-refractivity contribution is 5.86. The van der Waals surface area contributed by atoms with E-state index in [0.717, 1.165) is 49.8 Å². The second-order valence-electron chi connectivity index (χ2n) is 7.49. The first-order valence-electron chi connectivity index (χ1n) is 9.64. The molecule has 1 saturated heterocycles. The zero-order valence-corrected chi connectivity index (χ0v) is 16.1. The monoisotopic (exact) mass is 361 g/mol. The van der Waals surface area contributed by atoms with Gasteiger partial charge in [-0.25, -0.2) is 9.97 Å². The maximum atomic E-state index is 4.85. The fourth-order valence-corrected chi connectivity index (χ4v) is 3.61. The molecule has 2 heterocycles. The van der Waals surface area contributed by atoms with Gasteiger partial charge in [0.2, 0.25) is 5.95 Å². The molecule has 5 nitrogen and oxygen atoms in total. The Labute approximate surface area is 161 Å². The summed E-state index contributed by atoms with van der Waals surface area (Å²) >= 11 is 0. The van der Waals surface area contributed by atoms with Gasteiger partial charge in [-0.05, 0) is 43.4 Å². The maximum absolute atomic E-state index is 4.85. The summed E-state index contributed by atoms with van der Waals surface area (Å²) in [6.45, 7) is 4.04. The van der Waals surface area contributed by atoms with Crippen molar-refractivity contribution in [2.45, 2.75) is 12.5 Å². The number of benzene rings is 2. The molecule has 1 aromatic heterocycles. The first-order valence-corrected chi connectivity index (χ1v) is 9.64. The van der Waals surface area contributed by atoms with Crippen LogP contribution < -0.4 is 10.2 Å². The molecule has 140 valence electrons. The first kappa shape index (κ1) is 17.9. The van der Waals surface area contributed by atoms with Gasteiger partial charge in [0.25, 0.3) is 0 Å². The Morgan fingerprint density at radius 2 is 1.96 bits per heavy atom. The molecule has 0 aliphatic carbocycles. The number of fused-ring (bicyclic) bond motifs is 1. The van der Waals surface area contributed by atoms with Crippen LogP contribution in [-0.4, -0.2) is 61.2 Å². The highest BCUT2D eigenvalue weighted by atomic mass is 15.3. The third kappa shape index (κ3) is 4.26. The van der Waals surface area contributed by atoms with E-state index in [1.54, 1.807) is 0 Å². The van der Waals surface area contributed by atoms with Crippen LogP contribution in [-0.2, 0) is 0 Å². The normalized spacial score (nSPS) is 17.1. The van der Waals surface area contributed by atoms with Crippen LogP contribution in [0.25, 0.3) is 22.0 Å². The highest BCUT2D eigenvalue weighted by Crippen LogP contribution is 2.25. The van der Waals surface area contributed by atoms with Crippen molar-refractivity contribution >= 4 is 16.7 Å². The van der Waals surface area contributed by atoms with E-state index >= 15 is 0 Å². The molecule has 0 radical (unpaired) electrons. The van der Waals surface area contributed by atoms with Crippen molar-refractivity contribution in [2.24, 2.45) is 0 Å². The quantitative estimate of drug-likeness (QED) is 0.731. The van der Waals surface area contributed by atoms with Gasteiger partial charge in [0.15, 0.2) is 0 Å². The minimum absolute atomic E-state index is 0.512. The van der Waals surface area contributed by atoms with Gasteiger partial charge in [-0.3, -0.25) is 0 Å². The van der Waals surface area contributed by atoms with Crippen LogP contribution in [0.5, 0.6) is 0 Å². The van der Waals surface area contributed by atoms with Crippen LogP contribution in [0, 0.1) is 0 Å². The van der Waals surface area contributed by atoms with Crippen LogP contribution in [0.3, 0.4) is 0 Å². The van der Waals surface area contributed by atoms with Crippen LogP contribution in [0.1, 0.15) is 6.42 Å². The van der Waals surface area contributed by atoms with Gasteiger partial charge >= 0.3 is 0 Å². The van der Waals surface area contributed by atoms with E-state index in [0.29, 0.717) is 6.04 Å². The topological polar surface area (TPSA) is 44.3 Å². The molecule has 1 N–H and O–H groups in total. The van der Waals surface area contributed by atoms with E-state index in [9.17, 15) is 0 Å². The molecule has 3 aromatic rings. The van der Waals surface area contributed by atoms with E-state index in [-0.39, 0.29) is 0 Å². The number of anilines is 1. The molecular weight excluding hydrogens is 334 g/mol. The number of aromatic nitrogens is 2. The second-order valence-corrected chi connectivity index (χ2v) is 7.49. The molecule has 0 spiro atoms. The second kappa shape index (κ2) is 8.03. The SMILES string of the molecule is CN(C)CCN[C@H]1CCN(c2nccc(-c3ccc4ccccc4c3)n2)C1. The smallest absolute Gasteiger partial charge is 0.225 e. The maximum Gasteiger partial charge on any atom is 0.225 e. The van der Waals surface area contributed by atoms with E-state index in [4.69, 9.17) is 4.98 Å². The van der Waals surface area contributed by atoms with Gasteiger partial charge in [-0.2, -0.15) is 0 Å². The van der Waals surface area contributed by atoms with E-state index in [2.05, 4.69) is 76.7 Å². The zero-order chi connectivity index (χ0) is 18.6. The average molecular weight is 361 g/mol. The summed E-state index contributed by atoms with van der Waals surface area (Å²) < 4.78 is 0. The Morgan fingerprint density at radius 1 is 1.11 bits per heavy atom. The minimum Gasteiger partial charge on any atom is -0.339 e. The Hall–Kier alpha value is -2.50. The number of hydrogen-bond donors (Lipinski definition) is 1. The number of nitrogens with one attached hydrogen (secondary N) is 1. The van der Waals surface area contributed by atoms with Crippen molar-refractivity contribution in [1.29, 1.82) is 0 Å². The minimum atomic E-state index is 0.512. The van der Waals surface area contributed by atoms with Crippen LogP contribution >= 0.6 is 0 Å². The molecule has 1 aliphatic rings. The molecule has 4 rings (SSSR count). The van der Waals surface area contributed by atoms with Gasteiger partial charge in [-0.15, -0.1) is 0 Å². The number of likely N-dealkylation sites (N-methyl/N-ethyl adjacent to an activating group) is 1. The summed E-state index contributed by atoms with van der Waals surface area (Å²) in [5.41, 5.74) is 2.12. The molecule has 0 saturated carbocycles. The fourth-order valence-electron chi connectivity index (χ4n) is 3.61. The predicted molar refractivity (Wildman–Crippen MR) is 112 cm³/mol. The lowest BCUT2D eigenvalue weighted by Crippen LogP contribution is -2.37. The number of rotatable bonds is 6. The average Bonchev–Trinajstić information content (AvgIpc) is 3.16. The lowest BCUT2D eigenvalue weighted by Gasteiger charge is -2.18. The molecule has 2 aromatic carbocycles. The van der Waals surface area contributed by atoms with Crippen LogP contribution in [0.4, 0.5) is 5.95 Å². The van der Waals surface area contributed by atoms with Gasteiger partial charge in [0.1, 0.15) is 0 Å². The van der Waals surface area contributed by atoms with Crippen LogP contribution in [0.15, 0.2) is 54.7 Å². The lowest BCUT2D eigenvalue weighted by molar-refractivity contribution is 0.387. The first-order chi connectivity index (χ1) is 13.2. The van der Waals surface area contributed by atoms with E-state index in [1.165, 1.54) is 10.8 Å². The third-order valence-corrected chi connectivity index (χ3v) is 5.15. The summed E-state index contributed by atoms with van der Waals surface area (Å²) in [5, 5.41) is 6.13. The number of nitrogens with zero attached hydrogens (tertiary/aromatic N) is 4. The Balaban J connectivity index is 1.47. The lowest BCUT2D eigenvalue weighted by atomic mass is 10.1. The molecule has 1 aliphatic heterocycles. The Bertz CT molecular complexity index is 908. The zero-order valence-electron chi connectivity index (χ0n) is 16.1. The highest BCUT2D eigenvalue weighted by Gasteiger charge is 2.24. The van der Waals surface area contributed by atoms with Gasteiger partial charge in [0, 0.05) is 44.0 Å². The molecule has 0 bridgehead atoms. The number of hydrogen-bond acceptors (Lipinski definition) is 5. The summed E-state index contributed by atoms with van der Waals surface area (Å²) in [6.07, 6.45) is 3.01. The van der Waals surface area contributed by atoms with E-state index < -0.39 is 0 Å². The summed E-state index contributed by atoms with van der Waals surface area (Å²) in [5.74, 6) is 0.831. The Kier molecular flexibility index (Phi) is 5.32. The van der Waals surface area contributed by atoms with Crippen LogP contribution in [0.2, 0.25) is 0 Å². The van der Waals surface area contributed by atoms with Gasteiger partial charge in [0.05, 0.1) is 5.69 Å². The van der Waals surface area contributed by atoms with Gasteiger partial charge in [-0.1, -0.05) is 36.4 Å². The van der Waals surface area contributed by atoms with Crippen molar-refractivity contribution < 1.29 is 0 Å². The van der Waals surface area contributed by atoms with Crippen molar-refractivity contribution in [3.05, 3.63) is 54.7 Å². The van der Waals surface area contributed by atoms with E-state index in [1.807, 2.05) is 12.3 Å². The molecule has 0 unspecified atom stereocenters. The summed E-state index contributed by atoms with van der Waals surface area (Å²) in [7, 11) is 4.21. The molecule has 27 heavy (non-hydrogen) atoms. The van der Waals surface area contributed by atoms with Crippen molar-refractivity contribution in [1.82, 2.24) is 20.2 Å². The fraction of sp³-hybridized carbons (Fsp3) is 0.364. The molecule has 5 heteroatoms. The van der Waals surface area contributed by atoms with Crippen molar-refractivity contribution in [3.8, 4) is 11.3 Å². The molecule has 0 amide bonds. The van der Waals surface area contributed by atoms with Gasteiger partial charge < -0.3 is 15.1 Å². The van der Waals surface area contributed by atoms with Crippen molar-refractivity contribution in [2.75, 3.05) is 45.2 Å². The molecular formula is C22H27N5. The Morgan fingerprint density at radius 3 is 2.81 bits per heavy atom. The predicted octanol–water partition coefficient (Wildman–Crippen LogP) is 3.03. The third-order valence-electron chi connectivity index (χ3n) is 5.15. The standard InChI is InChI=1S/C22H27N5/c1-26(2)14-12-23-20-10-13-27(16-20)22-24-11-9-21(25-22)19-8-7-17-5-3-4-6-18(17)15-19/h3-9,11,15,20,23H,10,12-14,16H2,1-2H3/t20-/m0/s1.